The van der Waals surface area contributed by atoms with Crippen LogP contribution in [0, 0.1) is 17.3 Å². The van der Waals surface area contributed by atoms with Gasteiger partial charge < -0.3 is 20.4 Å². The number of aliphatic hydroxyl groups excluding tert-OH is 2. The summed E-state index contributed by atoms with van der Waals surface area (Å²) in [5, 5.41) is 38.6. The van der Waals surface area contributed by atoms with Crippen molar-refractivity contribution in [1.82, 2.24) is 0 Å². The summed E-state index contributed by atoms with van der Waals surface area (Å²) in [5.74, 6) is 0.996. The fourth-order valence-corrected chi connectivity index (χ4v) is 6.14. The number of aromatic carboxylic acids is 1. The van der Waals surface area contributed by atoms with E-state index in [1.54, 1.807) is 36.4 Å². The molecule has 4 N–H and O–H groups in total. The number of aryl methyl sites for hydroxylation is 1. The molecule has 2 aromatic carbocycles. The van der Waals surface area contributed by atoms with E-state index in [1.807, 2.05) is 6.07 Å². The van der Waals surface area contributed by atoms with Crippen molar-refractivity contribution in [2.45, 2.75) is 57.2 Å². The Hall–Kier alpha value is -2.37. The monoisotopic (exact) mass is 410 g/mol. The number of hydrogen-bond donors (Lipinski definition) is 4. The van der Waals surface area contributed by atoms with Gasteiger partial charge in [-0.3, -0.25) is 0 Å². The van der Waals surface area contributed by atoms with Gasteiger partial charge in [-0.15, -0.1) is 0 Å². The molecule has 160 valence electrons. The van der Waals surface area contributed by atoms with Gasteiger partial charge in [0, 0.05) is 0 Å². The van der Waals surface area contributed by atoms with Crippen LogP contribution in [0.5, 0.6) is 5.75 Å². The third kappa shape index (κ3) is 3.61. The Kier molecular flexibility index (Phi) is 5.60. The zero-order valence-electron chi connectivity index (χ0n) is 17.2. The summed E-state index contributed by atoms with van der Waals surface area (Å²) < 4.78 is 0. The third-order valence-corrected chi connectivity index (χ3v) is 7.70. The van der Waals surface area contributed by atoms with Crippen molar-refractivity contribution in [3.8, 4) is 5.75 Å². The van der Waals surface area contributed by atoms with Gasteiger partial charge in [-0.25, -0.2) is 4.79 Å². The molecule has 30 heavy (non-hydrogen) atoms. The first-order chi connectivity index (χ1) is 14.3. The normalized spacial score (nSPS) is 34.0. The van der Waals surface area contributed by atoms with E-state index in [0.29, 0.717) is 29.1 Å². The Labute approximate surface area is 177 Å². The summed E-state index contributed by atoms with van der Waals surface area (Å²) in [6.07, 6.45) is 3.80. The molecule has 5 nitrogen and oxygen atoms in total. The lowest BCUT2D eigenvalue weighted by atomic mass is 9.55. The van der Waals surface area contributed by atoms with Crippen molar-refractivity contribution < 1.29 is 25.2 Å². The van der Waals surface area contributed by atoms with E-state index in [1.165, 1.54) is 11.1 Å². The number of rotatable bonds is 1. The molecule has 0 spiro atoms. The Morgan fingerprint density at radius 2 is 1.80 bits per heavy atom. The van der Waals surface area contributed by atoms with E-state index in [9.17, 15) is 20.1 Å². The second-order valence-electron chi connectivity index (χ2n) is 9.26. The summed E-state index contributed by atoms with van der Waals surface area (Å²) >= 11 is 0. The quantitative estimate of drug-likeness (QED) is 0.570. The highest BCUT2D eigenvalue weighted by Crippen LogP contribution is 2.60. The first kappa shape index (κ1) is 20.9. The molecule has 0 bridgehead atoms. The molecule has 0 saturated heterocycles. The molecule has 3 aliphatic rings. The molecule has 0 aromatic heterocycles. The Balaban J connectivity index is 0.000000204. The first-order valence-electron chi connectivity index (χ1n) is 10.8. The maximum Gasteiger partial charge on any atom is 0.335 e. The summed E-state index contributed by atoms with van der Waals surface area (Å²) in [7, 11) is 0. The molecule has 3 aliphatic carbocycles. The lowest BCUT2D eigenvalue weighted by Crippen LogP contribution is -2.44. The highest BCUT2D eigenvalue weighted by atomic mass is 16.4. The lowest BCUT2D eigenvalue weighted by Gasteiger charge is -2.49. The lowest BCUT2D eigenvalue weighted by molar-refractivity contribution is -0.0505. The van der Waals surface area contributed by atoms with Crippen LogP contribution in [-0.2, 0) is 6.42 Å². The van der Waals surface area contributed by atoms with Gasteiger partial charge in [0.25, 0.3) is 0 Å². The number of aliphatic hydroxyl groups is 2. The minimum atomic E-state index is -0.879. The molecule has 0 unspecified atom stereocenters. The van der Waals surface area contributed by atoms with E-state index >= 15 is 0 Å². The van der Waals surface area contributed by atoms with Crippen LogP contribution < -0.4 is 0 Å². The molecule has 2 aromatic rings. The van der Waals surface area contributed by atoms with Crippen LogP contribution in [0.15, 0.2) is 48.5 Å². The average Bonchev–Trinajstić information content (AvgIpc) is 2.98. The third-order valence-electron chi connectivity index (χ3n) is 7.70. The van der Waals surface area contributed by atoms with Crippen LogP contribution in [0.4, 0.5) is 0 Å². The van der Waals surface area contributed by atoms with Crippen LogP contribution in [0.2, 0.25) is 0 Å². The van der Waals surface area contributed by atoms with Gasteiger partial charge in [0.15, 0.2) is 0 Å². The Bertz CT molecular complexity index is 911. The number of phenolic OH excluding ortho intramolecular Hbond substituents is 1. The summed E-state index contributed by atoms with van der Waals surface area (Å²) in [5.41, 5.74) is 2.90. The molecular weight excluding hydrogens is 380 g/mol. The van der Waals surface area contributed by atoms with E-state index < -0.39 is 18.2 Å². The molecule has 6 atom stereocenters. The van der Waals surface area contributed by atoms with Gasteiger partial charge in [0.2, 0.25) is 0 Å². The number of aromatic hydroxyl groups is 1. The molecule has 0 amide bonds. The smallest absolute Gasteiger partial charge is 0.335 e. The van der Waals surface area contributed by atoms with Crippen molar-refractivity contribution in [2.75, 3.05) is 0 Å². The highest BCUT2D eigenvalue weighted by molar-refractivity contribution is 5.87. The average molecular weight is 411 g/mol. The van der Waals surface area contributed by atoms with Crippen molar-refractivity contribution in [2.24, 2.45) is 17.3 Å². The van der Waals surface area contributed by atoms with E-state index in [2.05, 4.69) is 13.0 Å². The zero-order valence-corrected chi connectivity index (χ0v) is 17.2. The van der Waals surface area contributed by atoms with Crippen LogP contribution in [0.25, 0.3) is 0 Å². The van der Waals surface area contributed by atoms with Crippen molar-refractivity contribution in [3.05, 3.63) is 65.2 Å². The Morgan fingerprint density at radius 3 is 2.47 bits per heavy atom. The molecule has 2 fully saturated rings. The number of carbonyl (C=O) groups is 1. The molecule has 0 radical (unpaired) electrons. The van der Waals surface area contributed by atoms with Gasteiger partial charge in [0.05, 0.1) is 17.8 Å². The minimum absolute atomic E-state index is 0.116. The number of carboxylic acid groups (broad SMARTS) is 1. The number of fused-ring (bicyclic) bond motifs is 5. The number of phenols is 1. The van der Waals surface area contributed by atoms with Gasteiger partial charge in [0.1, 0.15) is 5.75 Å². The SMILES string of the molecule is C[C@]12CC[C@@H]3c4ccc(O)cc4CC[C@H]3[C@@H]1C[C@@H](O)[C@@H]2O.O=C(O)c1ccccc1. The van der Waals surface area contributed by atoms with Gasteiger partial charge >= 0.3 is 5.97 Å². The maximum absolute atomic E-state index is 10.4. The predicted molar refractivity (Wildman–Crippen MR) is 114 cm³/mol. The van der Waals surface area contributed by atoms with Gasteiger partial charge in [-0.05, 0) is 90.7 Å². The largest absolute Gasteiger partial charge is 0.508 e. The number of benzene rings is 2. The maximum atomic E-state index is 10.4. The zero-order chi connectivity index (χ0) is 21.5. The summed E-state index contributed by atoms with van der Waals surface area (Å²) in [4.78, 5) is 10.2. The van der Waals surface area contributed by atoms with Gasteiger partial charge in [-0.2, -0.15) is 0 Å². The second-order valence-corrected chi connectivity index (χ2v) is 9.26. The number of carboxylic acids is 1. The van der Waals surface area contributed by atoms with Crippen LogP contribution in [0.1, 0.15) is 60.0 Å². The highest BCUT2D eigenvalue weighted by Gasteiger charge is 2.57. The Morgan fingerprint density at radius 1 is 1.07 bits per heavy atom. The van der Waals surface area contributed by atoms with Crippen molar-refractivity contribution >= 4 is 5.97 Å². The van der Waals surface area contributed by atoms with Crippen LogP contribution >= 0.6 is 0 Å². The molecule has 0 heterocycles. The summed E-state index contributed by atoms with van der Waals surface area (Å²) in [6, 6.07) is 14.1. The predicted octanol–water partition coefficient (Wildman–Crippen LogP) is 3.96. The molecule has 2 saturated carbocycles. The van der Waals surface area contributed by atoms with E-state index in [-0.39, 0.29) is 5.41 Å². The molecule has 0 aliphatic heterocycles. The molecule has 5 rings (SSSR count). The van der Waals surface area contributed by atoms with Crippen LogP contribution in [-0.4, -0.2) is 38.6 Å². The van der Waals surface area contributed by atoms with E-state index in [4.69, 9.17) is 5.11 Å². The minimum Gasteiger partial charge on any atom is -0.508 e. The summed E-state index contributed by atoms with van der Waals surface area (Å²) in [6.45, 7) is 2.17. The van der Waals surface area contributed by atoms with E-state index in [0.717, 1.165) is 32.1 Å². The topological polar surface area (TPSA) is 98.0 Å². The second kappa shape index (κ2) is 8.05. The first-order valence-corrected chi connectivity index (χ1v) is 10.8. The van der Waals surface area contributed by atoms with Crippen molar-refractivity contribution in [1.29, 1.82) is 0 Å². The number of hydrogen-bond acceptors (Lipinski definition) is 4. The fourth-order valence-electron chi connectivity index (χ4n) is 6.14. The molecule has 5 heteroatoms. The van der Waals surface area contributed by atoms with Crippen molar-refractivity contribution in [3.63, 3.8) is 0 Å². The fraction of sp³-hybridized carbons (Fsp3) is 0.480. The van der Waals surface area contributed by atoms with Crippen LogP contribution in [0.3, 0.4) is 0 Å². The standard InChI is InChI=1S/C18H24O3.C7H6O2/c1-18-7-6-13-12-5-3-11(19)8-10(12)2-4-14(13)15(18)9-16(20)17(18)21;8-7(9)6-4-2-1-3-5-6/h3,5,8,13-17,19-21H,2,4,6-7,9H2,1H3;1-5H,(H,8,9)/t13-,14-,15+,16-,17+,18+;/m1./s1. The molecular formula is C25H30O5. The van der Waals surface area contributed by atoms with Gasteiger partial charge in [-0.1, -0.05) is 31.2 Å².